The Morgan fingerprint density at radius 3 is 2.18 bits per heavy atom. The number of H-pyrrole nitrogens is 1. The van der Waals surface area contributed by atoms with E-state index in [0.29, 0.717) is 41.1 Å². The molecular weight excluding hydrogens is 1000 g/mol. The van der Waals surface area contributed by atoms with Crippen LogP contribution < -0.4 is 38.0 Å². The van der Waals surface area contributed by atoms with Crippen molar-refractivity contribution in [3.8, 4) is 0 Å². The van der Waals surface area contributed by atoms with Crippen molar-refractivity contribution in [1.82, 2.24) is 45.4 Å². The van der Waals surface area contributed by atoms with E-state index in [1.807, 2.05) is 57.3 Å². The van der Waals surface area contributed by atoms with E-state index >= 15 is 0 Å². The number of primary amides is 1. The van der Waals surface area contributed by atoms with Crippen molar-refractivity contribution < 1.29 is 38.2 Å². The first-order chi connectivity index (χ1) is 36.9. The van der Waals surface area contributed by atoms with Crippen LogP contribution in [0, 0.1) is 18.8 Å². The molecule has 0 radical (unpaired) electrons. The van der Waals surface area contributed by atoms with Gasteiger partial charge in [-0.2, -0.15) is 0 Å². The van der Waals surface area contributed by atoms with Crippen LogP contribution >= 0.6 is 11.8 Å². The van der Waals surface area contributed by atoms with Crippen LogP contribution in [0.1, 0.15) is 80.1 Å². The zero-order valence-electron chi connectivity index (χ0n) is 43.9. The number of nitrogens with two attached hydrogens (primary N) is 2. The van der Waals surface area contributed by atoms with Crippen LogP contribution in [-0.4, -0.2) is 104 Å². The number of rotatable bonds is 26. The number of fused-ring (bicyclic) bond motifs is 3. The van der Waals surface area contributed by atoms with Gasteiger partial charge in [-0.1, -0.05) is 62.0 Å². The number of Topliss-reactive ketones (excluding diaryl/α,β-unsaturated/α-hetero) is 2. The SMILES string of the molecule is CC(=O)NCCOCCC(=O)C[C@H](C(=O)N[C@@H](CCCNC(N)=O)C(=O)Cc1ccc(COC(=O)N(Cc2ccncc2)Cc2ccc3c(c2)Sc2cc(Cn4c(=O)[nH]c5c(N)nc(C)nc54)ccc2N3C)cc1)C(C)C. The quantitative estimate of drug-likeness (QED) is 0.0348. The smallest absolute Gasteiger partial charge is 0.410 e. The lowest BCUT2D eigenvalue weighted by atomic mass is 9.88. The Morgan fingerprint density at radius 2 is 1.49 bits per heavy atom. The summed E-state index contributed by atoms with van der Waals surface area (Å²) in [6.45, 7) is 8.45. The van der Waals surface area contributed by atoms with Crippen LogP contribution in [-0.2, 0) is 61.3 Å². The Balaban J connectivity index is 0.977. The number of carbonyl (C=O) groups is 6. The maximum atomic E-state index is 14.0. The number of urea groups is 1. The molecule has 21 nitrogen and oxygen atoms in total. The first-order valence-corrected chi connectivity index (χ1v) is 26.2. The summed E-state index contributed by atoms with van der Waals surface area (Å²) in [6.07, 6.45) is 3.42. The highest BCUT2D eigenvalue weighted by atomic mass is 32.2. The molecule has 0 bridgehead atoms. The molecule has 22 heteroatoms. The van der Waals surface area contributed by atoms with Crippen molar-refractivity contribution in [3.63, 3.8) is 0 Å². The molecule has 0 unspecified atom stereocenters. The number of hydrogen-bond donors (Lipinski definition) is 6. The number of benzene rings is 3. The average Bonchev–Trinajstić information content (AvgIpc) is 3.70. The standard InChI is InChI=1S/C55H66N12O9S/c1-33(2)42(28-41(69)18-23-75-24-22-59-35(4)68)52(71)63-43(7-6-19-60-53(57)72)46(70)25-36-8-10-38(11-9-36)32-76-55(74)66(29-37-16-20-58-21-17-37)30-39-12-14-44-47(26-39)77-48-27-40(13-15-45(48)65(44)5)31-67-51-49(64-54(67)73)50(56)61-34(3)62-51/h8-17,20-21,26-27,33,42-43H,6-7,18-19,22-25,28-32H2,1-5H3,(H,59,68)(H,63,71)(H,64,73)(H2,56,61,62)(H3,57,60,72)/t42-,43-/m0/s1. The second-order valence-corrected chi connectivity index (χ2v) is 20.4. The summed E-state index contributed by atoms with van der Waals surface area (Å²) in [7, 11) is 2.00. The molecular formula is C55H66N12O9S. The number of carbonyl (C=O) groups excluding carboxylic acids is 6. The second-order valence-electron chi connectivity index (χ2n) is 19.3. The van der Waals surface area contributed by atoms with Crippen LogP contribution in [0.3, 0.4) is 0 Å². The van der Waals surface area contributed by atoms with Crippen molar-refractivity contribution in [2.45, 2.75) is 102 Å². The molecule has 0 aliphatic carbocycles. The third-order valence-corrected chi connectivity index (χ3v) is 14.1. The van der Waals surface area contributed by atoms with E-state index in [9.17, 15) is 33.6 Å². The lowest BCUT2D eigenvalue weighted by molar-refractivity contribution is -0.133. The van der Waals surface area contributed by atoms with Crippen LogP contribution in [0.4, 0.5) is 26.8 Å². The summed E-state index contributed by atoms with van der Waals surface area (Å²) in [5, 5.41) is 8.03. The van der Waals surface area contributed by atoms with Gasteiger partial charge in [0.2, 0.25) is 11.8 Å². The van der Waals surface area contributed by atoms with Crippen LogP contribution in [0.2, 0.25) is 0 Å². The fourth-order valence-electron chi connectivity index (χ4n) is 8.88. The zero-order valence-corrected chi connectivity index (χ0v) is 44.7. The predicted molar refractivity (Wildman–Crippen MR) is 291 cm³/mol. The number of hydrogen-bond acceptors (Lipinski definition) is 15. The monoisotopic (exact) mass is 1070 g/mol. The molecule has 4 heterocycles. The molecule has 8 N–H and O–H groups in total. The minimum atomic E-state index is -0.910. The molecule has 5 amide bonds. The highest BCUT2D eigenvalue weighted by Crippen LogP contribution is 2.48. The molecule has 0 spiro atoms. The molecule has 0 saturated carbocycles. The fraction of sp³-hybridized carbons (Fsp3) is 0.382. The van der Waals surface area contributed by atoms with Gasteiger partial charge in [0, 0.05) is 87.5 Å². The number of nitrogens with one attached hydrogen (secondary N) is 4. The van der Waals surface area contributed by atoms with Gasteiger partial charge < -0.3 is 46.8 Å². The minimum absolute atomic E-state index is 0.0193. The first kappa shape index (κ1) is 56.6. The van der Waals surface area contributed by atoms with Gasteiger partial charge in [-0.05, 0) is 89.9 Å². The zero-order chi connectivity index (χ0) is 55.2. The third-order valence-electron chi connectivity index (χ3n) is 13.0. The van der Waals surface area contributed by atoms with Gasteiger partial charge in [-0.15, -0.1) is 0 Å². The lowest BCUT2D eigenvalue weighted by Gasteiger charge is -2.30. The molecule has 1 aliphatic heterocycles. The van der Waals surface area contributed by atoms with Crippen molar-refractivity contribution >= 4 is 75.6 Å². The maximum Gasteiger partial charge on any atom is 0.410 e. The number of aryl methyl sites for hydroxylation is 1. The molecule has 0 fully saturated rings. The Morgan fingerprint density at radius 1 is 0.831 bits per heavy atom. The molecule has 77 heavy (non-hydrogen) atoms. The normalized spacial score (nSPS) is 12.6. The molecule has 2 atom stereocenters. The topological polar surface area (TPSA) is 292 Å². The van der Waals surface area contributed by atoms with Gasteiger partial charge in [-0.3, -0.25) is 33.6 Å². The largest absolute Gasteiger partial charge is 0.445 e. The number of pyridine rings is 1. The Labute approximate surface area is 450 Å². The van der Waals surface area contributed by atoms with Gasteiger partial charge >= 0.3 is 17.8 Å². The molecule has 406 valence electrons. The number of amides is 5. The Kier molecular flexibility index (Phi) is 19.5. The van der Waals surface area contributed by atoms with Gasteiger partial charge in [0.05, 0.1) is 37.2 Å². The number of aromatic amines is 1. The summed E-state index contributed by atoms with van der Waals surface area (Å²) in [4.78, 5) is 111. The second kappa shape index (κ2) is 26.6. The van der Waals surface area contributed by atoms with Crippen molar-refractivity contribution in [3.05, 3.63) is 129 Å². The van der Waals surface area contributed by atoms with Crippen molar-refractivity contribution in [2.75, 3.05) is 44.0 Å². The number of ketones is 2. The number of nitrogen functional groups attached to an aromatic ring is 1. The van der Waals surface area contributed by atoms with Crippen LogP contribution in [0.5, 0.6) is 0 Å². The highest BCUT2D eigenvalue weighted by molar-refractivity contribution is 7.99. The summed E-state index contributed by atoms with van der Waals surface area (Å²) < 4.78 is 12.9. The van der Waals surface area contributed by atoms with E-state index < -0.39 is 30.0 Å². The van der Waals surface area contributed by atoms with E-state index in [2.05, 4.69) is 52.9 Å². The summed E-state index contributed by atoms with van der Waals surface area (Å²) in [5.74, 6) is -1.25. The van der Waals surface area contributed by atoms with Gasteiger partial charge in [0.1, 0.15) is 23.7 Å². The molecule has 3 aromatic heterocycles. The van der Waals surface area contributed by atoms with Crippen molar-refractivity contribution in [1.29, 1.82) is 0 Å². The number of nitrogens with zero attached hydrogens (tertiary/aromatic N) is 6. The molecule has 7 rings (SSSR count). The van der Waals surface area contributed by atoms with Crippen LogP contribution in [0.25, 0.3) is 11.2 Å². The number of imidazole rings is 1. The van der Waals surface area contributed by atoms with Gasteiger partial charge in [0.15, 0.2) is 17.2 Å². The molecule has 1 aliphatic rings. The average molecular weight is 1070 g/mol. The number of aromatic nitrogens is 5. The molecule has 0 saturated heterocycles. The maximum absolute atomic E-state index is 14.0. The van der Waals surface area contributed by atoms with Crippen molar-refractivity contribution in [2.24, 2.45) is 17.6 Å². The summed E-state index contributed by atoms with van der Waals surface area (Å²) in [5.41, 5.74) is 17.9. The fourth-order valence-corrected chi connectivity index (χ4v) is 10.2. The third kappa shape index (κ3) is 15.7. The highest BCUT2D eigenvalue weighted by Gasteiger charge is 2.30. The van der Waals surface area contributed by atoms with Gasteiger partial charge in [0.25, 0.3) is 0 Å². The van der Waals surface area contributed by atoms with Crippen LogP contribution in [0.15, 0.2) is 99.8 Å². The van der Waals surface area contributed by atoms with E-state index in [1.165, 1.54) is 6.92 Å². The summed E-state index contributed by atoms with van der Waals surface area (Å²) in [6, 6.07) is 21.4. The summed E-state index contributed by atoms with van der Waals surface area (Å²) >= 11 is 1.60. The number of anilines is 3. The Hall–Kier alpha value is -8.11. The predicted octanol–water partition coefficient (Wildman–Crippen LogP) is 5.84. The van der Waals surface area contributed by atoms with E-state index in [4.69, 9.17) is 20.9 Å². The first-order valence-electron chi connectivity index (χ1n) is 25.4. The molecule has 3 aromatic carbocycles. The van der Waals surface area contributed by atoms with E-state index in [0.717, 1.165) is 37.9 Å². The van der Waals surface area contributed by atoms with E-state index in [-0.39, 0.29) is 107 Å². The van der Waals surface area contributed by atoms with E-state index in [1.54, 1.807) is 64.8 Å². The minimum Gasteiger partial charge on any atom is -0.445 e. The lowest BCUT2D eigenvalue weighted by Crippen LogP contribution is -2.46. The number of ether oxygens (including phenoxy) is 2. The Bertz CT molecular complexity index is 3150. The van der Waals surface area contributed by atoms with Gasteiger partial charge in [-0.25, -0.2) is 24.4 Å². The molecule has 6 aromatic rings.